The standard InChI is InChI=1S/C13H16ClN3/c1-2-9-17-13(7-8-16-17)10-15-12-5-3-11(14)4-6-12/h3-8,15H,2,9-10H2,1H3. The van der Waals surface area contributed by atoms with Gasteiger partial charge in [-0.05, 0) is 36.8 Å². The maximum atomic E-state index is 5.84. The van der Waals surface area contributed by atoms with E-state index >= 15 is 0 Å². The van der Waals surface area contributed by atoms with E-state index in [1.54, 1.807) is 0 Å². The summed E-state index contributed by atoms with van der Waals surface area (Å²) in [5.74, 6) is 0. The van der Waals surface area contributed by atoms with Gasteiger partial charge in [0.1, 0.15) is 0 Å². The van der Waals surface area contributed by atoms with Gasteiger partial charge in [0.25, 0.3) is 0 Å². The fraction of sp³-hybridized carbons (Fsp3) is 0.308. The van der Waals surface area contributed by atoms with Crippen LogP contribution < -0.4 is 5.32 Å². The normalized spacial score (nSPS) is 10.5. The van der Waals surface area contributed by atoms with E-state index in [-0.39, 0.29) is 0 Å². The summed E-state index contributed by atoms with van der Waals surface area (Å²) in [5, 5.41) is 8.40. The molecule has 0 atom stereocenters. The van der Waals surface area contributed by atoms with E-state index in [1.165, 1.54) is 5.69 Å². The zero-order valence-electron chi connectivity index (χ0n) is 9.86. The molecule has 2 rings (SSSR count). The molecule has 0 saturated heterocycles. The van der Waals surface area contributed by atoms with Crippen molar-refractivity contribution in [2.24, 2.45) is 0 Å². The lowest BCUT2D eigenvalue weighted by molar-refractivity contribution is 0.578. The highest BCUT2D eigenvalue weighted by Gasteiger charge is 2.01. The number of aromatic nitrogens is 2. The zero-order valence-corrected chi connectivity index (χ0v) is 10.6. The van der Waals surface area contributed by atoms with Crippen molar-refractivity contribution >= 4 is 17.3 Å². The maximum absolute atomic E-state index is 5.84. The molecule has 17 heavy (non-hydrogen) atoms. The molecule has 0 saturated carbocycles. The molecule has 0 radical (unpaired) electrons. The average molecular weight is 250 g/mol. The molecule has 0 aliphatic heterocycles. The molecule has 0 fully saturated rings. The molecule has 90 valence electrons. The zero-order chi connectivity index (χ0) is 12.1. The molecule has 0 aliphatic carbocycles. The fourth-order valence-electron chi connectivity index (χ4n) is 1.68. The monoisotopic (exact) mass is 249 g/mol. The third-order valence-electron chi connectivity index (χ3n) is 2.56. The molecule has 0 unspecified atom stereocenters. The lowest BCUT2D eigenvalue weighted by atomic mass is 10.3. The summed E-state index contributed by atoms with van der Waals surface area (Å²) in [4.78, 5) is 0. The van der Waals surface area contributed by atoms with Crippen LogP contribution in [0.2, 0.25) is 5.02 Å². The first-order valence-corrected chi connectivity index (χ1v) is 6.17. The van der Waals surface area contributed by atoms with Crippen LogP contribution in [-0.4, -0.2) is 9.78 Å². The minimum Gasteiger partial charge on any atom is -0.379 e. The Morgan fingerprint density at radius 3 is 2.71 bits per heavy atom. The van der Waals surface area contributed by atoms with Gasteiger partial charge in [0.15, 0.2) is 0 Å². The van der Waals surface area contributed by atoms with Crippen molar-refractivity contribution in [1.82, 2.24) is 9.78 Å². The quantitative estimate of drug-likeness (QED) is 0.878. The second-order valence-electron chi connectivity index (χ2n) is 3.91. The highest BCUT2D eigenvalue weighted by Crippen LogP contribution is 2.14. The predicted molar refractivity (Wildman–Crippen MR) is 71.3 cm³/mol. The molecule has 1 heterocycles. The number of aryl methyl sites for hydroxylation is 1. The molecule has 2 aromatic rings. The Morgan fingerprint density at radius 1 is 1.24 bits per heavy atom. The largest absolute Gasteiger partial charge is 0.379 e. The number of hydrogen-bond acceptors (Lipinski definition) is 2. The topological polar surface area (TPSA) is 29.9 Å². The summed E-state index contributed by atoms with van der Waals surface area (Å²) in [6.45, 7) is 3.89. The van der Waals surface area contributed by atoms with Crippen LogP contribution >= 0.6 is 11.6 Å². The molecular weight excluding hydrogens is 234 g/mol. The van der Waals surface area contributed by atoms with Gasteiger partial charge in [-0.1, -0.05) is 18.5 Å². The highest BCUT2D eigenvalue weighted by atomic mass is 35.5. The van der Waals surface area contributed by atoms with Gasteiger partial charge in [0.05, 0.1) is 12.2 Å². The molecule has 1 N–H and O–H groups in total. The van der Waals surface area contributed by atoms with Gasteiger partial charge in [-0.2, -0.15) is 5.10 Å². The summed E-state index contributed by atoms with van der Waals surface area (Å²) < 4.78 is 2.03. The van der Waals surface area contributed by atoms with Crippen LogP contribution in [0, 0.1) is 0 Å². The Bertz CT molecular complexity index is 462. The van der Waals surface area contributed by atoms with Gasteiger partial charge in [-0.25, -0.2) is 0 Å². The van der Waals surface area contributed by atoms with Gasteiger partial charge < -0.3 is 5.32 Å². The van der Waals surface area contributed by atoms with Crippen LogP contribution in [-0.2, 0) is 13.1 Å². The molecule has 0 bridgehead atoms. The number of benzene rings is 1. The lowest BCUT2D eigenvalue weighted by Gasteiger charge is -2.08. The maximum Gasteiger partial charge on any atom is 0.0575 e. The molecular formula is C13H16ClN3. The number of nitrogens with zero attached hydrogens (tertiary/aromatic N) is 2. The van der Waals surface area contributed by atoms with E-state index < -0.39 is 0 Å². The van der Waals surface area contributed by atoms with Crippen molar-refractivity contribution in [1.29, 1.82) is 0 Å². The number of anilines is 1. The van der Waals surface area contributed by atoms with Crippen LogP contribution in [0.4, 0.5) is 5.69 Å². The summed E-state index contributed by atoms with van der Waals surface area (Å²) in [6.07, 6.45) is 2.93. The van der Waals surface area contributed by atoms with Crippen LogP contribution in [0.15, 0.2) is 36.5 Å². The first kappa shape index (κ1) is 12.0. The Kier molecular flexibility index (Phi) is 4.04. The van der Waals surface area contributed by atoms with Gasteiger partial charge in [0.2, 0.25) is 0 Å². The Hall–Kier alpha value is -1.48. The minimum atomic E-state index is 0.756. The summed E-state index contributed by atoms with van der Waals surface area (Å²) >= 11 is 5.84. The van der Waals surface area contributed by atoms with Crippen LogP contribution in [0.3, 0.4) is 0 Å². The third-order valence-corrected chi connectivity index (χ3v) is 2.81. The second-order valence-corrected chi connectivity index (χ2v) is 4.34. The van der Waals surface area contributed by atoms with Crippen molar-refractivity contribution in [3.05, 3.63) is 47.2 Å². The van der Waals surface area contributed by atoms with E-state index in [1.807, 2.05) is 41.2 Å². The summed E-state index contributed by atoms with van der Waals surface area (Å²) in [7, 11) is 0. The molecule has 3 nitrogen and oxygen atoms in total. The molecule has 1 aromatic heterocycles. The van der Waals surface area contributed by atoms with E-state index in [4.69, 9.17) is 11.6 Å². The van der Waals surface area contributed by atoms with Crippen LogP contribution in [0.1, 0.15) is 19.0 Å². The predicted octanol–water partition coefficient (Wildman–Crippen LogP) is 3.56. The van der Waals surface area contributed by atoms with Crippen LogP contribution in [0.5, 0.6) is 0 Å². The van der Waals surface area contributed by atoms with Gasteiger partial charge in [-0.3, -0.25) is 4.68 Å². The van der Waals surface area contributed by atoms with E-state index in [0.29, 0.717) is 0 Å². The first-order chi connectivity index (χ1) is 8.29. The Balaban J connectivity index is 1.97. The van der Waals surface area contributed by atoms with E-state index in [2.05, 4.69) is 17.3 Å². The third kappa shape index (κ3) is 3.24. The first-order valence-electron chi connectivity index (χ1n) is 5.79. The van der Waals surface area contributed by atoms with E-state index in [0.717, 1.165) is 30.2 Å². The Morgan fingerprint density at radius 2 is 2.00 bits per heavy atom. The van der Waals surface area contributed by atoms with E-state index in [9.17, 15) is 0 Å². The highest BCUT2D eigenvalue weighted by molar-refractivity contribution is 6.30. The van der Waals surface area contributed by atoms with Crippen molar-refractivity contribution in [3.63, 3.8) is 0 Å². The van der Waals surface area contributed by atoms with Gasteiger partial charge >= 0.3 is 0 Å². The molecule has 0 aliphatic rings. The summed E-state index contributed by atoms with van der Waals surface area (Å²) in [6, 6.07) is 9.75. The number of hydrogen-bond donors (Lipinski definition) is 1. The molecule has 0 spiro atoms. The number of halogens is 1. The van der Waals surface area contributed by atoms with Crippen molar-refractivity contribution < 1.29 is 0 Å². The average Bonchev–Trinajstić information content (AvgIpc) is 2.77. The Labute approximate surface area is 106 Å². The molecule has 4 heteroatoms. The smallest absolute Gasteiger partial charge is 0.0575 e. The number of rotatable bonds is 5. The van der Waals surface area contributed by atoms with Gasteiger partial charge in [-0.15, -0.1) is 0 Å². The minimum absolute atomic E-state index is 0.756. The van der Waals surface area contributed by atoms with Crippen molar-refractivity contribution in [2.75, 3.05) is 5.32 Å². The SMILES string of the molecule is CCCn1nccc1CNc1ccc(Cl)cc1. The fourth-order valence-corrected chi connectivity index (χ4v) is 1.81. The van der Waals surface area contributed by atoms with Crippen molar-refractivity contribution in [2.45, 2.75) is 26.4 Å². The van der Waals surface area contributed by atoms with Crippen molar-refractivity contribution in [3.8, 4) is 0 Å². The van der Waals surface area contributed by atoms with Crippen LogP contribution in [0.25, 0.3) is 0 Å². The molecule has 1 aromatic carbocycles. The summed E-state index contributed by atoms with van der Waals surface area (Å²) in [5.41, 5.74) is 2.26. The lowest BCUT2D eigenvalue weighted by Crippen LogP contribution is -2.08. The molecule has 0 amide bonds. The second kappa shape index (κ2) is 5.73. The van der Waals surface area contributed by atoms with Gasteiger partial charge in [0, 0.05) is 23.5 Å². The number of nitrogens with one attached hydrogen (secondary N) is 1.